The molecule has 8 heteroatoms. The first-order valence-electron chi connectivity index (χ1n) is 5.01. The number of phenolic OH excluding ortho intramolecular Hbond substituents is 1. The Bertz CT molecular complexity index is 602. The van der Waals surface area contributed by atoms with Crippen LogP contribution in [0.4, 0.5) is 14.0 Å². The zero-order valence-electron chi connectivity index (χ0n) is 9.01. The van der Waals surface area contributed by atoms with Crippen molar-refractivity contribution in [1.29, 1.82) is 0 Å². The van der Waals surface area contributed by atoms with Crippen molar-refractivity contribution in [3.63, 3.8) is 0 Å². The first-order valence-corrected chi connectivity index (χ1v) is 6.46. The molecule has 1 heterocycles. The summed E-state index contributed by atoms with van der Waals surface area (Å²) in [5.41, 5.74) is -0.0347. The van der Waals surface area contributed by atoms with E-state index in [1.165, 1.54) is 0 Å². The molecular formula is C10H9F2NO4S. The number of anilines is 1. The Hall–Kier alpha value is -1.70. The van der Waals surface area contributed by atoms with Gasteiger partial charge in [0.25, 0.3) is 0 Å². The SMILES string of the molecule is O=C1CC(S(=O)(=O)F)CN1c1ccc(F)cc1O. The normalized spacial score (nSPS) is 20.4. The summed E-state index contributed by atoms with van der Waals surface area (Å²) in [7, 11) is -4.82. The Morgan fingerprint density at radius 3 is 2.56 bits per heavy atom. The summed E-state index contributed by atoms with van der Waals surface area (Å²) in [5, 5.41) is 8.03. The van der Waals surface area contributed by atoms with Crippen LogP contribution in [0.5, 0.6) is 5.75 Å². The summed E-state index contributed by atoms with van der Waals surface area (Å²) in [6.45, 7) is -0.392. The Morgan fingerprint density at radius 1 is 1.39 bits per heavy atom. The summed E-state index contributed by atoms with van der Waals surface area (Å²) in [5.74, 6) is -1.83. The number of aromatic hydroxyl groups is 1. The number of halogens is 2. The summed E-state index contributed by atoms with van der Waals surface area (Å²) >= 11 is 0. The minimum absolute atomic E-state index is 0.0347. The Kier molecular flexibility index (Phi) is 2.97. The van der Waals surface area contributed by atoms with E-state index in [1.807, 2.05) is 0 Å². The van der Waals surface area contributed by atoms with Crippen molar-refractivity contribution >= 4 is 21.8 Å². The Labute approximate surface area is 102 Å². The maximum absolute atomic E-state index is 12.8. The number of nitrogens with zero attached hydrogens (tertiary/aromatic N) is 1. The van der Waals surface area contributed by atoms with E-state index >= 15 is 0 Å². The Morgan fingerprint density at radius 2 is 2.06 bits per heavy atom. The van der Waals surface area contributed by atoms with E-state index in [-0.39, 0.29) is 5.69 Å². The van der Waals surface area contributed by atoms with Gasteiger partial charge < -0.3 is 10.0 Å². The van der Waals surface area contributed by atoms with Crippen LogP contribution < -0.4 is 4.90 Å². The molecule has 98 valence electrons. The molecule has 1 aliphatic rings. The van der Waals surface area contributed by atoms with Crippen molar-refractivity contribution in [3.8, 4) is 5.75 Å². The van der Waals surface area contributed by atoms with Crippen LogP contribution in [0.1, 0.15) is 6.42 Å². The van der Waals surface area contributed by atoms with Crippen molar-refractivity contribution in [1.82, 2.24) is 0 Å². The molecule has 18 heavy (non-hydrogen) atoms. The van der Waals surface area contributed by atoms with E-state index in [9.17, 15) is 26.6 Å². The minimum Gasteiger partial charge on any atom is -0.506 e. The molecule has 1 aromatic carbocycles. The van der Waals surface area contributed by atoms with Gasteiger partial charge in [-0.3, -0.25) is 4.79 Å². The first-order chi connectivity index (χ1) is 8.29. The molecule has 2 rings (SSSR count). The number of phenols is 1. The summed E-state index contributed by atoms with van der Waals surface area (Å²) in [6.07, 6.45) is -0.490. The van der Waals surface area contributed by atoms with Gasteiger partial charge in [0.05, 0.1) is 5.69 Å². The van der Waals surface area contributed by atoms with Crippen molar-refractivity contribution in [2.75, 3.05) is 11.4 Å². The maximum Gasteiger partial charge on any atom is 0.307 e. The predicted molar refractivity (Wildman–Crippen MR) is 58.9 cm³/mol. The van der Waals surface area contributed by atoms with E-state index in [1.54, 1.807) is 0 Å². The molecule has 1 unspecified atom stereocenters. The van der Waals surface area contributed by atoms with Gasteiger partial charge in [0.2, 0.25) is 5.91 Å². The standard InChI is InChI=1S/C10H9F2NO4S/c11-6-1-2-8(9(14)3-6)13-5-7(4-10(13)15)18(12,16)17/h1-3,7,14H,4-5H2. The van der Waals surface area contributed by atoms with Crippen LogP contribution >= 0.6 is 0 Å². The zero-order chi connectivity index (χ0) is 13.5. The van der Waals surface area contributed by atoms with Crippen LogP contribution in [-0.2, 0) is 15.0 Å². The molecule has 1 amide bonds. The first kappa shape index (κ1) is 12.7. The lowest BCUT2D eigenvalue weighted by molar-refractivity contribution is -0.117. The third-order valence-corrected chi connectivity index (χ3v) is 3.83. The predicted octanol–water partition coefficient (Wildman–Crippen LogP) is 0.936. The third kappa shape index (κ3) is 2.28. The average molecular weight is 277 g/mol. The molecule has 0 saturated carbocycles. The van der Waals surface area contributed by atoms with E-state index < -0.39 is 45.9 Å². The smallest absolute Gasteiger partial charge is 0.307 e. The molecule has 1 saturated heterocycles. The van der Waals surface area contributed by atoms with Gasteiger partial charge in [0, 0.05) is 19.0 Å². The van der Waals surface area contributed by atoms with E-state index in [0.717, 1.165) is 23.1 Å². The van der Waals surface area contributed by atoms with Crippen molar-refractivity contribution in [3.05, 3.63) is 24.0 Å². The molecule has 0 aliphatic carbocycles. The van der Waals surface area contributed by atoms with Gasteiger partial charge in [-0.15, -0.1) is 3.89 Å². The van der Waals surface area contributed by atoms with Gasteiger partial charge >= 0.3 is 10.2 Å². The maximum atomic E-state index is 12.8. The molecule has 1 aromatic rings. The van der Waals surface area contributed by atoms with Crippen LogP contribution in [0.15, 0.2) is 18.2 Å². The van der Waals surface area contributed by atoms with Crippen LogP contribution in [0.2, 0.25) is 0 Å². The lowest BCUT2D eigenvalue weighted by Gasteiger charge is -2.17. The number of amides is 1. The number of hydrogen-bond donors (Lipinski definition) is 1. The van der Waals surface area contributed by atoms with Crippen LogP contribution in [0.3, 0.4) is 0 Å². The highest BCUT2D eigenvalue weighted by molar-refractivity contribution is 7.87. The molecule has 1 N–H and O–H groups in total. The topological polar surface area (TPSA) is 74.7 Å². The third-order valence-electron chi connectivity index (χ3n) is 2.72. The van der Waals surface area contributed by atoms with Gasteiger partial charge in [-0.25, -0.2) is 4.39 Å². The van der Waals surface area contributed by atoms with Crippen LogP contribution in [0, 0.1) is 5.82 Å². The molecule has 0 aromatic heterocycles. The molecular weight excluding hydrogens is 268 g/mol. The van der Waals surface area contributed by atoms with Gasteiger partial charge in [-0.05, 0) is 12.1 Å². The van der Waals surface area contributed by atoms with Gasteiger partial charge in [0.15, 0.2) is 0 Å². The van der Waals surface area contributed by atoms with Gasteiger partial charge in [0.1, 0.15) is 16.8 Å². The monoisotopic (exact) mass is 277 g/mol. The molecule has 1 fully saturated rings. The number of benzene rings is 1. The van der Waals surface area contributed by atoms with Crippen molar-refractivity contribution in [2.45, 2.75) is 11.7 Å². The fraction of sp³-hybridized carbons (Fsp3) is 0.300. The van der Waals surface area contributed by atoms with Gasteiger partial charge in [-0.1, -0.05) is 0 Å². The molecule has 1 aliphatic heterocycles. The zero-order valence-corrected chi connectivity index (χ0v) is 9.82. The Balaban J connectivity index is 2.33. The fourth-order valence-corrected chi connectivity index (χ4v) is 2.49. The number of carbonyl (C=O) groups excluding carboxylic acids is 1. The number of rotatable bonds is 2. The van der Waals surface area contributed by atoms with E-state index in [0.29, 0.717) is 0 Å². The number of hydrogen-bond acceptors (Lipinski definition) is 4. The quantitative estimate of drug-likeness (QED) is 0.816. The summed E-state index contributed by atoms with van der Waals surface area (Å²) in [4.78, 5) is 12.5. The highest BCUT2D eigenvalue weighted by atomic mass is 32.3. The lowest BCUT2D eigenvalue weighted by atomic mass is 10.2. The van der Waals surface area contributed by atoms with Gasteiger partial charge in [-0.2, -0.15) is 8.42 Å². The fourth-order valence-electron chi connectivity index (χ4n) is 1.82. The van der Waals surface area contributed by atoms with Crippen LogP contribution in [-0.4, -0.2) is 31.2 Å². The highest BCUT2D eigenvalue weighted by Gasteiger charge is 2.39. The van der Waals surface area contributed by atoms with Crippen molar-refractivity contribution < 1.29 is 26.6 Å². The second kappa shape index (κ2) is 4.20. The largest absolute Gasteiger partial charge is 0.506 e. The minimum atomic E-state index is -4.82. The molecule has 0 radical (unpaired) electrons. The second-order valence-corrected chi connectivity index (χ2v) is 5.56. The van der Waals surface area contributed by atoms with E-state index in [2.05, 4.69) is 0 Å². The van der Waals surface area contributed by atoms with Crippen LogP contribution in [0.25, 0.3) is 0 Å². The number of carbonyl (C=O) groups is 1. The molecule has 5 nitrogen and oxygen atoms in total. The molecule has 0 spiro atoms. The van der Waals surface area contributed by atoms with E-state index in [4.69, 9.17) is 0 Å². The molecule has 0 bridgehead atoms. The summed E-state index contributed by atoms with van der Waals surface area (Å²) < 4.78 is 47.0. The molecule has 1 atom stereocenters. The highest BCUT2D eigenvalue weighted by Crippen LogP contribution is 2.32. The average Bonchev–Trinajstić information content (AvgIpc) is 2.60. The lowest BCUT2D eigenvalue weighted by Crippen LogP contribution is -2.26. The summed E-state index contributed by atoms with van der Waals surface area (Å²) in [6, 6.07) is 2.94. The second-order valence-electron chi connectivity index (χ2n) is 3.94. The van der Waals surface area contributed by atoms with Crippen molar-refractivity contribution in [2.24, 2.45) is 0 Å².